The van der Waals surface area contributed by atoms with Gasteiger partial charge in [0, 0.05) is 25.5 Å². The van der Waals surface area contributed by atoms with E-state index >= 15 is 0 Å². The van der Waals surface area contributed by atoms with Crippen molar-refractivity contribution in [3.05, 3.63) is 36.5 Å². The largest absolute Gasteiger partial charge is 0.494 e. The number of anilines is 1. The Morgan fingerprint density at radius 3 is 2.77 bits per heavy atom. The van der Waals surface area contributed by atoms with E-state index in [1.165, 1.54) is 11.8 Å². The molecule has 0 saturated carbocycles. The first kappa shape index (κ1) is 24.9. The molecule has 1 atom stereocenters. The second kappa shape index (κ2) is 12.0. The molecule has 3 N–H and O–H groups in total. The zero-order valence-corrected chi connectivity index (χ0v) is 21.2. The molecule has 3 heterocycles. The maximum Gasteiger partial charge on any atom is 0.248 e. The molecule has 1 unspecified atom stereocenters. The van der Waals surface area contributed by atoms with E-state index in [9.17, 15) is 4.79 Å². The number of aromatic nitrogens is 5. The summed E-state index contributed by atoms with van der Waals surface area (Å²) in [5.41, 5.74) is 6.82. The molecule has 1 amide bonds. The van der Waals surface area contributed by atoms with E-state index in [1.54, 1.807) is 4.68 Å². The monoisotopic (exact) mass is 516 g/mol. The maximum absolute atomic E-state index is 12.4. The number of hydrazine groups is 1. The summed E-state index contributed by atoms with van der Waals surface area (Å²) >= 11 is 6.54. The number of carbonyl (C=O) groups excluding carboxylic acids is 1. The molecule has 1 aliphatic heterocycles. The van der Waals surface area contributed by atoms with Gasteiger partial charge in [0.1, 0.15) is 11.4 Å². The molecule has 13 heteroatoms. The minimum Gasteiger partial charge on any atom is -0.494 e. The summed E-state index contributed by atoms with van der Waals surface area (Å²) in [6, 6.07) is 9.26. The minimum atomic E-state index is -0.253. The van der Waals surface area contributed by atoms with Crippen LogP contribution in [0.1, 0.15) is 19.8 Å². The highest BCUT2D eigenvalue weighted by molar-refractivity contribution is 7.99. The smallest absolute Gasteiger partial charge is 0.248 e. The molecule has 186 valence electrons. The van der Waals surface area contributed by atoms with Crippen LogP contribution in [-0.2, 0) is 23.1 Å². The number of hydrogen-bond acceptors (Lipinski definition) is 8. The van der Waals surface area contributed by atoms with E-state index < -0.39 is 0 Å². The first-order chi connectivity index (χ1) is 17.0. The molecule has 11 nitrogen and oxygen atoms in total. The van der Waals surface area contributed by atoms with Crippen LogP contribution in [0, 0.1) is 0 Å². The van der Waals surface area contributed by atoms with Gasteiger partial charge < -0.3 is 14.8 Å². The van der Waals surface area contributed by atoms with Gasteiger partial charge in [0.2, 0.25) is 5.91 Å². The Kier molecular flexibility index (Phi) is 8.55. The second-order valence-electron chi connectivity index (χ2n) is 7.80. The quantitative estimate of drug-likeness (QED) is 0.222. The maximum atomic E-state index is 12.4. The van der Waals surface area contributed by atoms with Crippen LogP contribution in [-0.4, -0.2) is 60.6 Å². The molecular weight excluding hydrogens is 488 g/mol. The molecule has 0 radical (unpaired) electrons. The summed E-state index contributed by atoms with van der Waals surface area (Å²) in [5.74, 6) is 1.31. The predicted molar refractivity (Wildman–Crippen MR) is 137 cm³/mol. The lowest BCUT2D eigenvalue weighted by molar-refractivity contribution is -0.119. The Labute approximate surface area is 212 Å². The number of aryl methyl sites for hydroxylation is 1. The van der Waals surface area contributed by atoms with Gasteiger partial charge in [-0.2, -0.15) is 5.10 Å². The van der Waals surface area contributed by atoms with Crippen molar-refractivity contribution < 1.29 is 14.3 Å². The van der Waals surface area contributed by atoms with E-state index in [0.717, 1.165) is 36.6 Å². The van der Waals surface area contributed by atoms with Crippen LogP contribution in [0.5, 0.6) is 5.75 Å². The van der Waals surface area contributed by atoms with Crippen molar-refractivity contribution in [2.45, 2.75) is 37.6 Å². The van der Waals surface area contributed by atoms with Gasteiger partial charge in [-0.3, -0.25) is 24.9 Å². The summed E-state index contributed by atoms with van der Waals surface area (Å²) in [6.45, 7) is 3.90. The second-order valence-corrected chi connectivity index (χ2v) is 9.15. The summed E-state index contributed by atoms with van der Waals surface area (Å²) in [6.07, 6.45) is 3.96. The zero-order valence-electron chi connectivity index (χ0n) is 19.6. The Balaban J connectivity index is 1.30. The van der Waals surface area contributed by atoms with Crippen molar-refractivity contribution in [1.82, 2.24) is 35.4 Å². The molecule has 0 aliphatic carbocycles. The van der Waals surface area contributed by atoms with Crippen molar-refractivity contribution in [3.8, 4) is 17.3 Å². The van der Waals surface area contributed by atoms with Gasteiger partial charge in [-0.15, -0.1) is 10.2 Å². The molecule has 0 spiro atoms. The molecule has 1 fully saturated rings. The van der Waals surface area contributed by atoms with Crippen molar-refractivity contribution >= 4 is 40.7 Å². The Bertz CT molecular complexity index is 1140. The predicted octanol–water partition coefficient (Wildman–Crippen LogP) is 2.37. The molecule has 4 rings (SSSR count). The lowest BCUT2D eigenvalue weighted by Crippen LogP contribution is -2.44. The minimum absolute atomic E-state index is 0.0920. The first-order valence-corrected chi connectivity index (χ1v) is 12.7. The number of amides is 1. The van der Waals surface area contributed by atoms with E-state index in [1.807, 2.05) is 55.1 Å². The number of thiocarbonyl (C=S) groups is 1. The molecule has 1 saturated heterocycles. The fourth-order valence-corrected chi connectivity index (χ4v) is 4.45. The molecule has 2 aromatic heterocycles. The number of benzene rings is 1. The van der Waals surface area contributed by atoms with Crippen molar-refractivity contribution in [3.63, 3.8) is 0 Å². The van der Waals surface area contributed by atoms with Crippen LogP contribution in [0.3, 0.4) is 0 Å². The summed E-state index contributed by atoms with van der Waals surface area (Å²) < 4.78 is 14.9. The van der Waals surface area contributed by atoms with E-state index in [4.69, 9.17) is 21.7 Å². The number of nitrogens with one attached hydrogen (secondary N) is 3. The number of hydrogen-bond donors (Lipinski definition) is 3. The van der Waals surface area contributed by atoms with E-state index in [-0.39, 0.29) is 22.9 Å². The number of ether oxygens (including phenoxy) is 2. The number of nitrogens with zero attached hydrogens (tertiary/aromatic N) is 5. The van der Waals surface area contributed by atoms with Gasteiger partial charge in [-0.25, -0.2) is 0 Å². The lowest BCUT2D eigenvalue weighted by Gasteiger charge is -2.14. The third kappa shape index (κ3) is 6.93. The third-order valence-corrected chi connectivity index (χ3v) is 6.31. The van der Waals surface area contributed by atoms with Crippen LogP contribution < -0.4 is 20.9 Å². The Hall–Kier alpha value is -3.16. The van der Waals surface area contributed by atoms with Gasteiger partial charge in [0.25, 0.3) is 0 Å². The summed E-state index contributed by atoms with van der Waals surface area (Å²) in [4.78, 5) is 12.4. The number of carbonyl (C=O) groups is 1. The normalized spacial score (nSPS) is 15.1. The molecular formula is C22H28N8O3S2. The Morgan fingerprint density at radius 2 is 2.09 bits per heavy atom. The van der Waals surface area contributed by atoms with Gasteiger partial charge in [-0.05, 0) is 62.3 Å². The molecule has 0 bridgehead atoms. The lowest BCUT2D eigenvalue weighted by atomic mass is 10.2. The zero-order chi connectivity index (χ0) is 24.6. The van der Waals surface area contributed by atoms with E-state index in [2.05, 4.69) is 31.5 Å². The van der Waals surface area contributed by atoms with Crippen LogP contribution in [0.25, 0.3) is 11.5 Å². The van der Waals surface area contributed by atoms with Gasteiger partial charge in [0.15, 0.2) is 16.1 Å². The highest BCUT2D eigenvalue weighted by Crippen LogP contribution is 2.25. The highest BCUT2D eigenvalue weighted by Gasteiger charge is 2.23. The molecule has 3 aromatic rings. The van der Waals surface area contributed by atoms with Crippen molar-refractivity contribution in [2.75, 3.05) is 24.3 Å². The van der Waals surface area contributed by atoms with Crippen LogP contribution in [0.15, 0.2) is 41.7 Å². The molecule has 1 aliphatic rings. The summed E-state index contributed by atoms with van der Waals surface area (Å²) in [5, 5.41) is 17.0. The fraction of sp³-hybridized carbons (Fsp3) is 0.409. The van der Waals surface area contributed by atoms with Gasteiger partial charge >= 0.3 is 0 Å². The SMILES string of the molecule is CCOc1ccc(NC(=S)NNC(=O)CSc2nnc(-c3ccn(C)n3)n2CC2CCCO2)cc1. The van der Waals surface area contributed by atoms with Crippen molar-refractivity contribution in [2.24, 2.45) is 7.05 Å². The van der Waals surface area contributed by atoms with E-state index in [0.29, 0.717) is 24.1 Å². The van der Waals surface area contributed by atoms with Gasteiger partial charge in [-0.1, -0.05) is 11.8 Å². The third-order valence-electron chi connectivity index (χ3n) is 5.14. The standard InChI is InChI=1S/C22H28N8O3S2/c1-3-32-16-8-6-15(7-9-16)23-21(34)26-24-19(31)14-35-22-27-25-20(18-10-11-29(2)28-18)30(22)13-17-5-4-12-33-17/h6-11,17H,3-5,12-14H2,1-2H3,(H,24,31)(H2,23,26,34). The molecule has 1 aromatic carbocycles. The number of rotatable bonds is 9. The topological polar surface area (TPSA) is 120 Å². The average molecular weight is 517 g/mol. The fourth-order valence-electron chi connectivity index (χ4n) is 3.53. The first-order valence-electron chi connectivity index (χ1n) is 11.3. The highest BCUT2D eigenvalue weighted by atomic mass is 32.2. The summed E-state index contributed by atoms with van der Waals surface area (Å²) in [7, 11) is 1.85. The Morgan fingerprint density at radius 1 is 1.26 bits per heavy atom. The average Bonchev–Trinajstić information content (AvgIpc) is 3.60. The van der Waals surface area contributed by atoms with Crippen LogP contribution in [0.2, 0.25) is 0 Å². The molecule has 35 heavy (non-hydrogen) atoms. The van der Waals surface area contributed by atoms with Crippen LogP contribution in [0.4, 0.5) is 5.69 Å². The number of thioether (sulfide) groups is 1. The van der Waals surface area contributed by atoms with Crippen LogP contribution >= 0.6 is 24.0 Å². The van der Waals surface area contributed by atoms with Crippen molar-refractivity contribution in [1.29, 1.82) is 0 Å². The van der Waals surface area contributed by atoms with Gasteiger partial charge in [0.05, 0.1) is 25.0 Å².